The van der Waals surface area contributed by atoms with E-state index in [1.165, 1.54) is 42.4 Å². The lowest BCUT2D eigenvalue weighted by atomic mass is 9.95. The van der Waals surface area contributed by atoms with Crippen LogP contribution in [0.5, 0.6) is 0 Å². The van der Waals surface area contributed by atoms with Crippen LogP contribution in [0.25, 0.3) is 42.4 Å². The molecule has 1 heterocycles. The van der Waals surface area contributed by atoms with Crippen LogP contribution in [0.1, 0.15) is 0 Å². The van der Waals surface area contributed by atoms with Gasteiger partial charge in [0.05, 0.1) is 0 Å². The normalized spacial score (nSPS) is 11.2. The Morgan fingerprint density at radius 1 is 0.480 bits per heavy atom. The number of fused-ring (bicyclic) bond motifs is 3. The summed E-state index contributed by atoms with van der Waals surface area (Å²) in [4.78, 5) is 0. The Morgan fingerprint density at radius 2 is 1.04 bits per heavy atom. The molecule has 1 aromatic heterocycles. The number of thiophene rings is 1. The van der Waals surface area contributed by atoms with Crippen LogP contribution in [0.4, 0.5) is 0 Å². The molecular weight excluding hydrogens is 320 g/mol. The van der Waals surface area contributed by atoms with Crippen molar-refractivity contribution < 1.29 is 0 Å². The van der Waals surface area contributed by atoms with Crippen molar-refractivity contribution in [3.05, 3.63) is 97.1 Å². The molecule has 1 heteroatoms. The lowest BCUT2D eigenvalue weighted by Crippen LogP contribution is -1.83. The van der Waals surface area contributed by atoms with Crippen molar-refractivity contribution >= 4 is 31.5 Å². The largest absolute Gasteiger partial charge is 0.135 e. The summed E-state index contributed by atoms with van der Waals surface area (Å²) in [5, 5.41) is 2.72. The molecule has 0 atom stereocenters. The van der Waals surface area contributed by atoms with Gasteiger partial charge in [0, 0.05) is 20.2 Å². The minimum Gasteiger partial charge on any atom is -0.135 e. The highest BCUT2D eigenvalue weighted by molar-refractivity contribution is 7.26. The summed E-state index contributed by atoms with van der Waals surface area (Å²) >= 11 is 1.89. The maximum Gasteiger partial charge on any atom is 0.0440 e. The first-order valence-corrected chi connectivity index (χ1v) is 9.28. The second-order valence-corrected chi connectivity index (χ2v) is 7.25. The van der Waals surface area contributed by atoms with E-state index in [9.17, 15) is 0 Å². The van der Waals surface area contributed by atoms with Crippen LogP contribution in [0.3, 0.4) is 0 Å². The maximum absolute atomic E-state index is 2.28. The van der Waals surface area contributed by atoms with E-state index in [-0.39, 0.29) is 0 Å². The van der Waals surface area contributed by atoms with Gasteiger partial charge in [-0.15, -0.1) is 11.3 Å². The Labute approximate surface area is 151 Å². The van der Waals surface area contributed by atoms with Crippen molar-refractivity contribution in [3.8, 4) is 22.3 Å². The zero-order chi connectivity index (χ0) is 16.6. The van der Waals surface area contributed by atoms with E-state index in [4.69, 9.17) is 0 Å². The standard InChI is InChI=1S/C24H16S/c1-3-9-17(10-4-1)19-15-16-20(18-11-5-2-6-12-18)24-23(19)21-13-7-8-14-22(21)25-24/h1-16H. The topological polar surface area (TPSA) is 0 Å². The Bertz CT molecular complexity index is 1170. The minimum absolute atomic E-state index is 1.27. The van der Waals surface area contributed by atoms with E-state index in [1.807, 2.05) is 11.3 Å². The third-order valence-electron chi connectivity index (χ3n) is 4.70. The minimum atomic E-state index is 1.27. The van der Waals surface area contributed by atoms with Gasteiger partial charge in [-0.05, 0) is 28.3 Å². The summed E-state index contributed by atoms with van der Waals surface area (Å²) in [5.41, 5.74) is 5.18. The monoisotopic (exact) mass is 336 g/mol. The molecular formula is C24H16S. The molecule has 0 aliphatic heterocycles. The van der Waals surface area contributed by atoms with Crippen molar-refractivity contribution in [2.75, 3.05) is 0 Å². The fourth-order valence-electron chi connectivity index (χ4n) is 3.53. The summed E-state index contributed by atoms with van der Waals surface area (Å²) in [6.07, 6.45) is 0. The van der Waals surface area contributed by atoms with Gasteiger partial charge in [0.15, 0.2) is 0 Å². The second kappa shape index (κ2) is 5.87. The molecule has 0 saturated carbocycles. The molecule has 0 aliphatic rings. The van der Waals surface area contributed by atoms with Crippen LogP contribution in [0, 0.1) is 0 Å². The van der Waals surface area contributed by atoms with Crippen molar-refractivity contribution in [1.82, 2.24) is 0 Å². The zero-order valence-corrected chi connectivity index (χ0v) is 14.5. The Hall–Kier alpha value is -2.90. The maximum atomic E-state index is 2.28. The van der Waals surface area contributed by atoms with Crippen LogP contribution in [0.2, 0.25) is 0 Å². The molecule has 4 aromatic carbocycles. The summed E-state index contributed by atoms with van der Waals surface area (Å²) in [5.74, 6) is 0. The first kappa shape index (κ1) is 14.4. The highest BCUT2D eigenvalue weighted by Crippen LogP contribution is 2.44. The number of hydrogen-bond donors (Lipinski definition) is 0. The van der Waals surface area contributed by atoms with E-state index < -0.39 is 0 Å². The van der Waals surface area contributed by atoms with E-state index in [0.29, 0.717) is 0 Å². The van der Waals surface area contributed by atoms with Gasteiger partial charge in [-0.25, -0.2) is 0 Å². The summed E-state index contributed by atoms with van der Waals surface area (Å²) in [7, 11) is 0. The first-order valence-electron chi connectivity index (χ1n) is 8.47. The van der Waals surface area contributed by atoms with Crippen LogP contribution in [-0.4, -0.2) is 0 Å². The van der Waals surface area contributed by atoms with E-state index >= 15 is 0 Å². The molecule has 0 aliphatic carbocycles. The quantitative estimate of drug-likeness (QED) is 0.315. The fourth-order valence-corrected chi connectivity index (χ4v) is 4.80. The molecule has 5 aromatic rings. The molecule has 118 valence electrons. The Morgan fingerprint density at radius 3 is 1.76 bits per heavy atom. The molecule has 0 saturated heterocycles. The number of benzene rings is 4. The van der Waals surface area contributed by atoms with Crippen molar-refractivity contribution in [2.24, 2.45) is 0 Å². The summed E-state index contributed by atoms with van der Waals surface area (Å²) in [6, 6.07) is 34.7. The third kappa shape index (κ3) is 2.36. The number of hydrogen-bond acceptors (Lipinski definition) is 1. The van der Waals surface area contributed by atoms with Gasteiger partial charge in [-0.3, -0.25) is 0 Å². The third-order valence-corrected chi connectivity index (χ3v) is 5.90. The van der Waals surface area contributed by atoms with E-state index in [0.717, 1.165) is 0 Å². The second-order valence-electron chi connectivity index (χ2n) is 6.20. The highest BCUT2D eigenvalue weighted by atomic mass is 32.1. The average Bonchev–Trinajstić information content (AvgIpc) is 3.08. The highest BCUT2D eigenvalue weighted by Gasteiger charge is 2.14. The van der Waals surface area contributed by atoms with Gasteiger partial charge in [-0.2, -0.15) is 0 Å². The lowest BCUT2D eigenvalue weighted by molar-refractivity contribution is 1.65. The van der Waals surface area contributed by atoms with Gasteiger partial charge in [-0.1, -0.05) is 91.0 Å². The zero-order valence-electron chi connectivity index (χ0n) is 13.6. The Balaban J connectivity index is 1.92. The van der Waals surface area contributed by atoms with Crippen LogP contribution in [-0.2, 0) is 0 Å². The van der Waals surface area contributed by atoms with Crippen LogP contribution in [0.15, 0.2) is 97.1 Å². The van der Waals surface area contributed by atoms with Crippen LogP contribution < -0.4 is 0 Å². The molecule has 0 N–H and O–H groups in total. The predicted octanol–water partition coefficient (Wildman–Crippen LogP) is 7.39. The van der Waals surface area contributed by atoms with Crippen molar-refractivity contribution in [2.45, 2.75) is 0 Å². The first-order chi connectivity index (χ1) is 12.4. The lowest BCUT2D eigenvalue weighted by Gasteiger charge is -2.09. The van der Waals surface area contributed by atoms with Gasteiger partial charge in [0.2, 0.25) is 0 Å². The molecule has 0 unspecified atom stereocenters. The van der Waals surface area contributed by atoms with Crippen molar-refractivity contribution in [3.63, 3.8) is 0 Å². The molecule has 0 fully saturated rings. The predicted molar refractivity (Wildman–Crippen MR) is 110 cm³/mol. The smallest absolute Gasteiger partial charge is 0.0440 e. The Kier molecular flexibility index (Phi) is 3.39. The van der Waals surface area contributed by atoms with Crippen molar-refractivity contribution in [1.29, 1.82) is 0 Å². The number of rotatable bonds is 2. The molecule has 0 radical (unpaired) electrons. The van der Waals surface area contributed by atoms with Gasteiger partial charge in [0.1, 0.15) is 0 Å². The summed E-state index contributed by atoms with van der Waals surface area (Å²) < 4.78 is 2.71. The molecule has 0 spiro atoms. The molecule has 0 nitrogen and oxygen atoms in total. The van der Waals surface area contributed by atoms with Gasteiger partial charge in [0.25, 0.3) is 0 Å². The molecule has 0 bridgehead atoms. The van der Waals surface area contributed by atoms with Gasteiger partial charge < -0.3 is 0 Å². The molecule has 25 heavy (non-hydrogen) atoms. The van der Waals surface area contributed by atoms with Gasteiger partial charge >= 0.3 is 0 Å². The molecule has 5 rings (SSSR count). The molecule has 0 amide bonds. The van der Waals surface area contributed by atoms with E-state index in [1.54, 1.807) is 0 Å². The summed E-state index contributed by atoms with van der Waals surface area (Å²) in [6.45, 7) is 0. The fraction of sp³-hybridized carbons (Fsp3) is 0. The SMILES string of the molecule is c1ccc(-c2ccc(-c3ccccc3)c3c2sc2ccccc23)cc1. The van der Waals surface area contributed by atoms with E-state index in [2.05, 4.69) is 97.1 Å². The van der Waals surface area contributed by atoms with Crippen LogP contribution >= 0.6 is 11.3 Å². The average molecular weight is 336 g/mol.